The fraction of sp³-hybridized carbons (Fsp3) is 0.229. The zero-order valence-electron chi connectivity index (χ0n) is 43.2. The number of rotatable bonds is 10. The van der Waals surface area contributed by atoms with Crippen molar-refractivity contribution in [2.45, 2.75) is 84.5 Å². The molecule has 73 heavy (non-hydrogen) atoms. The summed E-state index contributed by atoms with van der Waals surface area (Å²) in [5.41, 5.74) is 19.2. The van der Waals surface area contributed by atoms with Gasteiger partial charge in [0.2, 0.25) is 6.71 Å². The van der Waals surface area contributed by atoms with Gasteiger partial charge in [0.05, 0.1) is 0 Å². The fourth-order valence-electron chi connectivity index (χ4n) is 17.0. The molecule has 4 fully saturated rings. The van der Waals surface area contributed by atoms with Crippen molar-refractivity contribution in [1.29, 1.82) is 0 Å². The molecule has 4 aliphatic rings. The first-order valence-corrected chi connectivity index (χ1v) is 29.8. The SMILES string of the molecule is Cc1cc(C)c(B(c2ccc3sc4ccc(-c5ccc(C67CC8(c9ccc([Si](c%10ccccc%10)(c%10ccccc%10)c%10ccccc%10)cc9)CC9CC6C9(C8)C7)cc5)cc4c3c2)c2c(C)cc(C)cc2C)c(C)c1. The van der Waals surface area contributed by atoms with Crippen LogP contribution in [0.15, 0.2) is 200 Å². The summed E-state index contributed by atoms with van der Waals surface area (Å²) in [4.78, 5) is 0. The molecule has 356 valence electrons. The largest absolute Gasteiger partial charge is 0.242 e. The Morgan fingerprint density at radius 2 is 0.932 bits per heavy atom. The summed E-state index contributed by atoms with van der Waals surface area (Å²) in [5.74, 6) is 1.70. The number of thiophene rings is 1. The first-order chi connectivity index (χ1) is 35.5. The summed E-state index contributed by atoms with van der Waals surface area (Å²) in [6, 6.07) is 78.6. The quantitative estimate of drug-likeness (QED) is 0.0946. The maximum atomic E-state index is 2.59. The molecule has 0 radical (unpaired) electrons. The lowest BCUT2D eigenvalue weighted by Gasteiger charge is -2.75. The van der Waals surface area contributed by atoms with Crippen molar-refractivity contribution in [3.05, 3.63) is 245 Å². The van der Waals surface area contributed by atoms with Crippen LogP contribution in [0, 0.1) is 58.8 Å². The van der Waals surface area contributed by atoms with Crippen molar-refractivity contribution >= 4 is 83.4 Å². The van der Waals surface area contributed by atoms with E-state index in [9.17, 15) is 0 Å². The molecule has 0 nitrogen and oxygen atoms in total. The van der Waals surface area contributed by atoms with Crippen LogP contribution in [0.2, 0.25) is 0 Å². The average Bonchev–Trinajstić information content (AvgIpc) is 3.78. The van der Waals surface area contributed by atoms with E-state index in [-0.39, 0.29) is 17.5 Å². The Kier molecular flexibility index (Phi) is 10.2. The van der Waals surface area contributed by atoms with Gasteiger partial charge in [-0.25, -0.2) is 0 Å². The first kappa shape index (κ1) is 45.1. The van der Waals surface area contributed by atoms with Crippen LogP contribution in [0.1, 0.15) is 76.6 Å². The van der Waals surface area contributed by atoms with Crippen molar-refractivity contribution in [2.75, 3.05) is 0 Å². The minimum Gasteiger partial charge on any atom is -0.135 e. The Morgan fingerprint density at radius 1 is 0.452 bits per heavy atom. The van der Waals surface area contributed by atoms with Gasteiger partial charge in [0, 0.05) is 20.2 Å². The summed E-state index contributed by atoms with van der Waals surface area (Å²) in [5, 5.41) is 8.52. The van der Waals surface area contributed by atoms with Gasteiger partial charge in [-0.1, -0.05) is 232 Å². The average molecular weight is 975 g/mol. The minimum atomic E-state index is -2.58. The second-order valence-electron chi connectivity index (χ2n) is 23.5. The zero-order valence-corrected chi connectivity index (χ0v) is 45.0. The van der Waals surface area contributed by atoms with E-state index in [0.29, 0.717) is 5.41 Å². The third-order valence-electron chi connectivity index (χ3n) is 19.5. The molecule has 0 amide bonds. The fourth-order valence-corrected chi connectivity index (χ4v) is 22.8. The third-order valence-corrected chi connectivity index (χ3v) is 25.5. The molecule has 1 aromatic heterocycles. The lowest BCUT2D eigenvalue weighted by Crippen LogP contribution is -2.74. The summed E-state index contributed by atoms with van der Waals surface area (Å²) >= 11 is 1.93. The van der Waals surface area contributed by atoms with E-state index >= 15 is 0 Å². The number of aryl methyl sites for hydroxylation is 6. The van der Waals surface area contributed by atoms with Crippen molar-refractivity contribution in [3.8, 4) is 11.1 Å². The molecule has 5 atom stereocenters. The van der Waals surface area contributed by atoms with E-state index in [1.165, 1.54) is 134 Å². The Bertz CT molecular complexity index is 3600. The van der Waals surface area contributed by atoms with E-state index in [0.717, 1.165) is 11.8 Å². The zero-order chi connectivity index (χ0) is 49.4. The van der Waals surface area contributed by atoms with E-state index < -0.39 is 8.07 Å². The van der Waals surface area contributed by atoms with E-state index in [1.807, 2.05) is 11.3 Å². The second kappa shape index (κ2) is 16.5. The minimum absolute atomic E-state index is 0.154. The highest BCUT2D eigenvalue weighted by atomic mass is 32.1. The van der Waals surface area contributed by atoms with Gasteiger partial charge in [0.25, 0.3) is 0 Å². The first-order valence-electron chi connectivity index (χ1n) is 27.0. The van der Waals surface area contributed by atoms with Crippen molar-refractivity contribution in [1.82, 2.24) is 0 Å². The highest BCUT2D eigenvalue weighted by Crippen LogP contribution is 2.87. The van der Waals surface area contributed by atoms with Gasteiger partial charge in [-0.2, -0.15) is 0 Å². The molecule has 0 aliphatic heterocycles. The molecule has 0 saturated heterocycles. The van der Waals surface area contributed by atoms with Gasteiger partial charge in [-0.15, -0.1) is 11.3 Å². The maximum Gasteiger partial charge on any atom is 0.242 e. The molecule has 4 saturated carbocycles. The van der Waals surface area contributed by atoms with Gasteiger partial charge < -0.3 is 0 Å². The Balaban J connectivity index is 0.802. The summed E-state index contributed by atoms with van der Waals surface area (Å²) in [7, 11) is -2.58. The molecule has 5 unspecified atom stereocenters. The topological polar surface area (TPSA) is 0 Å². The van der Waals surface area contributed by atoms with Crippen LogP contribution in [-0.4, -0.2) is 14.8 Å². The van der Waals surface area contributed by atoms with Crippen LogP contribution in [0.25, 0.3) is 31.3 Å². The molecule has 3 bridgehead atoms. The molecule has 14 rings (SSSR count). The second-order valence-corrected chi connectivity index (χ2v) is 28.4. The Hall–Kier alpha value is -6.52. The van der Waals surface area contributed by atoms with Crippen LogP contribution in [0.3, 0.4) is 0 Å². The van der Waals surface area contributed by atoms with Gasteiger partial charge in [0.15, 0.2) is 8.07 Å². The van der Waals surface area contributed by atoms with E-state index in [2.05, 4.69) is 242 Å². The molecular formula is C70H63BSSi. The van der Waals surface area contributed by atoms with Crippen LogP contribution < -0.4 is 37.1 Å². The summed E-state index contributed by atoms with van der Waals surface area (Å²) < 4.78 is 2.72. The van der Waals surface area contributed by atoms with Crippen molar-refractivity contribution < 1.29 is 0 Å². The number of benzene rings is 9. The van der Waals surface area contributed by atoms with Gasteiger partial charge in [0.1, 0.15) is 0 Å². The lowest BCUT2D eigenvalue weighted by atomic mass is 9.28. The summed E-state index contributed by atoms with van der Waals surface area (Å²) in [6.45, 7) is 13.9. The van der Waals surface area contributed by atoms with E-state index in [1.54, 1.807) is 11.1 Å². The Labute approximate surface area is 438 Å². The van der Waals surface area contributed by atoms with Crippen LogP contribution in [0.4, 0.5) is 0 Å². The molecule has 0 N–H and O–H groups in total. The van der Waals surface area contributed by atoms with Gasteiger partial charge in [-0.05, 0) is 163 Å². The molecule has 1 spiro atoms. The third kappa shape index (κ3) is 6.57. The normalized spacial score (nSPS) is 22.5. The smallest absolute Gasteiger partial charge is 0.135 e. The van der Waals surface area contributed by atoms with Crippen LogP contribution >= 0.6 is 11.3 Å². The Morgan fingerprint density at radius 3 is 1.47 bits per heavy atom. The number of fused-ring (bicyclic) bond motifs is 4. The standard InChI is InChI=1S/C70H63BSSi/c1-45-34-47(3)66(48(4)35-45)71(67-49(5)36-46(2)37-50(67)6)56-29-33-64-62(40-56)61-38-52(24-32-63(61)72-64)51-22-25-54(26-23-51)69-42-68(41-55-39-65(69)70(55,43-68)44-69)53-27-30-60(31-28-53)73(57-16-10-7-11-17-57,58-18-12-8-13-19-58)59-20-14-9-15-21-59/h7-38,40,55,65H,39,41-44H2,1-6H3. The summed E-state index contributed by atoms with van der Waals surface area (Å²) in [6.07, 6.45) is 6.79. The van der Waals surface area contributed by atoms with Crippen LogP contribution in [-0.2, 0) is 10.8 Å². The number of hydrogen-bond donors (Lipinski definition) is 0. The van der Waals surface area contributed by atoms with Crippen molar-refractivity contribution in [3.63, 3.8) is 0 Å². The highest BCUT2D eigenvalue weighted by Gasteiger charge is 2.82. The molecule has 3 heteroatoms. The number of hydrogen-bond acceptors (Lipinski definition) is 1. The lowest BCUT2D eigenvalue weighted by molar-refractivity contribution is -0.213. The monoisotopic (exact) mass is 974 g/mol. The van der Waals surface area contributed by atoms with Gasteiger partial charge in [-0.3, -0.25) is 0 Å². The predicted octanol–water partition coefficient (Wildman–Crippen LogP) is 12.9. The molecule has 10 aromatic rings. The molecular weight excluding hydrogens is 912 g/mol. The molecule has 1 heterocycles. The van der Waals surface area contributed by atoms with Crippen molar-refractivity contribution in [2.24, 2.45) is 17.3 Å². The predicted molar refractivity (Wildman–Crippen MR) is 317 cm³/mol. The maximum absolute atomic E-state index is 2.59. The van der Waals surface area contributed by atoms with Crippen LogP contribution in [0.5, 0.6) is 0 Å². The molecule has 4 aliphatic carbocycles. The van der Waals surface area contributed by atoms with Gasteiger partial charge >= 0.3 is 0 Å². The molecule has 9 aromatic carbocycles. The highest BCUT2D eigenvalue weighted by molar-refractivity contribution is 7.26. The van der Waals surface area contributed by atoms with E-state index in [4.69, 9.17) is 0 Å².